The van der Waals surface area contributed by atoms with Gasteiger partial charge in [-0.3, -0.25) is 4.98 Å². The molecule has 0 aromatic carbocycles. The lowest BCUT2D eigenvalue weighted by Gasteiger charge is -2.34. The molecule has 1 aromatic heterocycles. The number of allylic oxidation sites excluding steroid dienone is 2. The van der Waals surface area contributed by atoms with Crippen LogP contribution in [0.5, 0.6) is 0 Å². The summed E-state index contributed by atoms with van der Waals surface area (Å²) in [6.45, 7) is 0. The molecule has 1 fully saturated rings. The Balaban J connectivity index is 1.84. The van der Waals surface area contributed by atoms with Crippen LogP contribution >= 0.6 is 11.6 Å². The molecule has 1 saturated carbocycles. The van der Waals surface area contributed by atoms with Gasteiger partial charge in [-0.05, 0) is 23.6 Å². The molecular formula is C15H14ClF4N. The highest BCUT2D eigenvalue weighted by atomic mass is 35.5. The summed E-state index contributed by atoms with van der Waals surface area (Å²) in [6.07, 6.45) is 2.21. The minimum absolute atomic E-state index is 0.210. The van der Waals surface area contributed by atoms with Crippen LogP contribution in [-0.2, 0) is 0 Å². The number of rotatable bonds is 2. The first kappa shape index (κ1) is 14.8. The zero-order valence-electron chi connectivity index (χ0n) is 11.2. The molecule has 0 aliphatic heterocycles. The quantitative estimate of drug-likeness (QED) is 0.660. The number of hydrogen-bond acceptors (Lipinski definition) is 1. The van der Waals surface area contributed by atoms with Crippen LogP contribution in [0.15, 0.2) is 18.3 Å². The van der Waals surface area contributed by atoms with Gasteiger partial charge in [-0.2, -0.15) is 0 Å². The zero-order chi connectivity index (χ0) is 15.3. The SMILES string of the molecule is FC1(F)CC=C(c2cc(C3CC(F)(F)C3)ncc2Cl)CC1. The second kappa shape index (κ2) is 4.97. The molecule has 0 amide bonds. The molecule has 0 radical (unpaired) electrons. The third-order valence-electron chi connectivity index (χ3n) is 4.14. The van der Waals surface area contributed by atoms with Gasteiger partial charge in [0.25, 0.3) is 5.92 Å². The standard InChI is InChI=1S/C15H14ClF4N/c16-12-8-21-13(10-6-15(19,20)7-10)5-11(12)9-1-3-14(17,18)4-2-9/h1,5,8,10H,2-4,6-7H2. The lowest BCUT2D eigenvalue weighted by molar-refractivity contribution is -0.0876. The van der Waals surface area contributed by atoms with Gasteiger partial charge in [0.1, 0.15) is 0 Å². The van der Waals surface area contributed by atoms with Crippen LogP contribution in [0.2, 0.25) is 5.02 Å². The van der Waals surface area contributed by atoms with Crippen molar-refractivity contribution in [3.63, 3.8) is 0 Å². The number of pyridine rings is 1. The molecule has 0 N–H and O–H groups in total. The highest BCUT2D eigenvalue weighted by Crippen LogP contribution is 2.48. The maximum Gasteiger partial charge on any atom is 0.251 e. The highest BCUT2D eigenvalue weighted by Gasteiger charge is 2.46. The molecule has 0 spiro atoms. The lowest BCUT2D eigenvalue weighted by atomic mass is 9.78. The topological polar surface area (TPSA) is 12.9 Å². The molecule has 2 aliphatic carbocycles. The Labute approximate surface area is 125 Å². The minimum Gasteiger partial charge on any atom is -0.259 e. The van der Waals surface area contributed by atoms with E-state index in [1.807, 2.05) is 0 Å². The van der Waals surface area contributed by atoms with Crippen molar-refractivity contribution in [2.45, 2.75) is 49.9 Å². The number of hydrogen-bond donors (Lipinski definition) is 0. The van der Waals surface area contributed by atoms with Gasteiger partial charge in [0.15, 0.2) is 0 Å². The van der Waals surface area contributed by atoms with Gasteiger partial charge in [0.05, 0.1) is 5.02 Å². The maximum atomic E-state index is 13.2. The van der Waals surface area contributed by atoms with Crippen molar-refractivity contribution in [3.05, 3.63) is 34.6 Å². The molecule has 3 rings (SSSR count). The molecule has 0 atom stereocenters. The van der Waals surface area contributed by atoms with Crippen LogP contribution in [0.1, 0.15) is 49.3 Å². The van der Waals surface area contributed by atoms with E-state index in [1.165, 1.54) is 12.3 Å². The number of halogens is 5. The molecule has 1 heterocycles. The van der Waals surface area contributed by atoms with E-state index < -0.39 is 11.8 Å². The highest BCUT2D eigenvalue weighted by molar-refractivity contribution is 6.32. The van der Waals surface area contributed by atoms with E-state index in [4.69, 9.17) is 11.6 Å². The van der Waals surface area contributed by atoms with Crippen LogP contribution < -0.4 is 0 Å². The average Bonchev–Trinajstić information content (AvgIpc) is 2.37. The lowest BCUT2D eigenvalue weighted by Crippen LogP contribution is -2.34. The molecule has 114 valence electrons. The van der Waals surface area contributed by atoms with Crippen molar-refractivity contribution < 1.29 is 17.6 Å². The molecule has 1 aromatic rings. The predicted octanol–water partition coefficient (Wildman–Crippen LogP) is 5.45. The molecule has 1 nitrogen and oxygen atoms in total. The third-order valence-corrected chi connectivity index (χ3v) is 4.44. The number of nitrogens with zero attached hydrogens (tertiary/aromatic N) is 1. The molecule has 0 unspecified atom stereocenters. The van der Waals surface area contributed by atoms with Gasteiger partial charge in [0, 0.05) is 43.5 Å². The summed E-state index contributed by atoms with van der Waals surface area (Å²) >= 11 is 6.08. The molecule has 0 saturated heterocycles. The summed E-state index contributed by atoms with van der Waals surface area (Å²) in [7, 11) is 0. The number of alkyl halides is 4. The van der Waals surface area contributed by atoms with Crippen molar-refractivity contribution in [1.29, 1.82) is 0 Å². The van der Waals surface area contributed by atoms with Crippen LogP contribution in [0.3, 0.4) is 0 Å². The second-order valence-corrected chi connectivity index (χ2v) is 6.25. The normalized spacial score (nSPS) is 24.3. The Morgan fingerprint density at radius 3 is 2.43 bits per heavy atom. The smallest absolute Gasteiger partial charge is 0.251 e. The van der Waals surface area contributed by atoms with Gasteiger partial charge in [-0.25, -0.2) is 17.6 Å². The van der Waals surface area contributed by atoms with E-state index in [0.717, 1.165) is 5.57 Å². The van der Waals surface area contributed by atoms with Gasteiger partial charge < -0.3 is 0 Å². The van der Waals surface area contributed by atoms with Crippen molar-refractivity contribution >= 4 is 17.2 Å². The van der Waals surface area contributed by atoms with Crippen LogP contribution in [0.4, 0.5) is 17.6 Å². The van der Waals surface area contributed by atoms with Crippen LogP contribution in [-0.4, -0.2) is 16.8 Å². The third kappa shape index (κ3) is 3.07. The van der Waals surface area contributed by atoms with Gasteiger partial charge in [0.2, 0.25) is 5.92 Å². The summed E-state index contributed by atoms with van der Waals surface area (Å²) in [5, 5.41) is 0.376. The first-order valence-electron chi connectivity index (χ1n) is 6.86. The van der Waals surface area contributed by atoms with Gasteiger partial charge in [-0.1, -0.05) is 17.7 Å². The fourth-order valence-electron chi connectivity index (χ4n) is 2.83. The monoisotopic (exact) mass is 319 g/mol. The molecule has 2 aliphatic rings. The predicted molar refractivity (Wildman–Crippen MR) is 72.9 cm³/mol. The minimum atomic E-state index is -2.66. The van der Waals surface area contributed by atoms with E-state index in [0.29, 0.717) is 16.3 Å². The Kier molecular flexibility index (Phi) is 3.51. The van der Waals surface area contributed by atoms with E-state index in [9.17, 15) is 17.6 Å². The average molecular weight is 320 g/mol. The fraction of sp³-hybridized carbons (Fsp3) is 0.533. The van der Waals surface area contributed by atoms with Crippen molar-refractivity contribution in [2.75, 3.05) is 0 Å². The first-order chi connectivity index (χ1) is 9.76. The first-order valence-corrected chi connectivity index (χ1v) is 7.24. The largest absolute Gasteiger partial charge is 0.259 e. The van der Waals surface area contributed by atoms with E-state index in [2.05, 4.69) is 4.98 Å². The zero-order valence-corrected chi connectivity index (χ0v) is 11.9. The van der Waals surface area contributed by atoms with Crippen molar-refractivity contribution in [2.24, 2.45) is 0 Å². The van der Waals surface area contributed by atoms with Crippen LogP contribution in [0.25, 0.3) is 5.57 Å². The van der Waals surface area contributed by atoms with Gasteiger partial charge >= 0.3 is 0 Å². The Morgan fingerprint density at radius 1 is 1.14 bits per heavy atom. The molecule has 6 heteroatoms. The number of aromatic nitrogens is 1. The Morgan fingerprint density at radius 2 is 1.86 bits per heavy atom. The van der Waals surface area contributed by atoms with E-state index >= 15 is 0 Å². The van der Waals surface area contributed by atoms with Gasteiger partial charge in [-0.15, -0.1) is 0 Å². The Hall–Kier alpha value is -1.10. The van der Waals surface area contributed by atoms with Crippen molar-refractivity contribution in [3.8, 4) is 0 Å². The van der Waals surface area contributed by atoms with E-state index in [1.54, 1.807) is 6.07 Å². The second-order valence-electron chi connectivity index (χ2n) is 5.84. The van der Waals surface area contributed by atoms with Crippen molar-refractivity contribution in [1.82, 2.24) is 4.98 Å². The molecule has 21 heavy (non-hydrogen) atoms. The maximum absolute atomic E-state index is 13.2. The fourth-order valence-corrected chi connectivity index (χ4v) is 3.06. The van der Waals surface area contributed by atoms with E-state index in [-0.39, 0.29) is 38.0 Å². The summed E-state index contributed by atoms with van der Waals surface area (Å²) in [6, 6.07) is 1.68. The summed E-state index contributed by atoms with van der Waals surface area (Å²) in [4.78, 5) is 4.11. The summed E-state index contributed by atoms with van der Waals surface area (Å²) in [5.74, 6) is -5.55. The van der Waals surface area contributed by atoms with Crippen LogP contribution in [0, 0.1) is 0 Å². The molecule has 0 bridgehead atoms. The Bertz CT molecular complexity index is 589. The molecular weight excluding hydrogens is 306 g/mol. The summed E-state index contributed by atoms with van der Waals surface area (Å²) in [5.41, 5.74) is 1.96. The summed E-state index contributed by atoms with van der Waals surface area (Å²) < 4.78 is 52.2.